The highest BCUT2D eigenvalue weighted by molar-refractivity contribution is 7.89. The lowest BCUT2D eigenvalue weighted by Crippen LogP contribution is -2.44. The topological polar surface area (TPSA) is 88.2 Å². The van der Waals surface area contributed by atoms with E-state index < -0.39 is 22.0 Å². The Morgan fingerprint density at radius 2 is 1.62 bits per heavy atom. The zero-order valence-electron chi connectivity index (χ0n) is 16.5. The van der Waals surface area contributed by atoms with Crippen LogP contribution in [0.1, 0.15) is 23.1 Å². The predicted octanol–water partition coefficient (Wildman–Crippen LogP) is 3.41. The summed E-state index contributed by atoms with van der Waals surface area (Å²) in [5.74, 6) is -0.409. The molecule has 1 amide bonds. The van der Waals surface area contributed by atoms with E-state index in [2.05, 4.69) is 15.0 Å². The van der Waals surface area contributed by atoms with E-state index in [0.29, 0.717) is 0 Å². The summed E-state index contributed by atoms with van der Waals surface area (Å²) in [5.41, 5.74) is 4.01. The maximum Gasteiger partial charge on any atom is 0.241 e. The van der Waals surface area contributed by atoms with Gasteiger partial charge in [0.05, 0.1) is 23.2 Å². The van der Waals surface area contributed by atoms with Crippen molar-refractivity contribution in [2.24, 2.45) is 0 Å². The first-order valence-corrected chi connectivity index (χ1v) is 11.5. The summed E-state index contributed by atoms with van der Waals surface area (Å²) in [6.45, 7) is 5.66. The van der Waals surface area contributed by atoms with Gasteiger partial charge < -0.3 is 5.32 Å². The summed E-state index contributed by atoms with van der Waals surface area (Å²) < 4.78 is 27.2. The minimum Gasteiger partial charge on any atom is -0.348 e. The lowest BCUT2D eigenvalue weighted by molar-refractivity contribution is -0.122. The number of nitrogens with zero attached hydrogens (tertiary/aromatic N) is 1. The Morgan fingerprint density at radius 3 is 2.24 bits per heavy atom. The summed E-state index contributed by atoms with van der Waals surface area (Å²) in [6, 6.07) is 13.6. The van der Waals surface area contributed by atoms with Gasteiger partial charge in [-0.15, -0.1) is 11.3 Å². The van der Waals surface area contributed by atoms with E-state index in [1.165, 1.54) is 36.0 Å². The molecule has 3 aromatic rings. The fourth-order valence-electron chi connectivity index (χ4n) is 2.64. The van der Waals surface area contributed by atoms with Crippen molar-refractivity contribution in [3.8, 4) is 11.3 Å². The molecule has 0 aliphatic carbocycles. The lowest BCUT2D eigenvalue weighted by Gasteiger charge is -2.14. The van der Waals surface area contributed by atoms with Gasteiger partial charge in [-0.3, -0.25) is 4.79 Å². The van der Waals surface area contributed by atoms with Crippen LogP contribution < -0.4 is 10.0 Å². The van der Waals surface area contributed by atoms with Crippen LogP contribution >= 0.6 is 11.3 Å². The van der Waals surface area contributed by atoms with Gasteiger partial charge in [-0.25, -0.2) is 13.4 Å². The molecule has 1 aromatic heterocycles. The fourth-order valence-corrected chi connectivity index (χ4v) is 4.58. The number of nitrogens with one attached hydrogen (secondary N) is 2. The number of aryl methyl sites for hydroxylation is 2. The highest BCUT2D eigenvalue weighted by atomic mass is 32.2. The summed E-state index contributed by atoms with van der Waals surface area (Å²) in [6.07, 6.45) is 0. The monoisotopic (exact) mass is 429 g/mol. The van der Waals surface area contributed by atoms with E-state index in [1.807, 2.05) is 43.5 Å². The van der Waals surface area contributed by atoms with Crippen LogP contribution in [0.2, 0.25) is 0 Å². The van der Waals surface area contributed by atoms with Crippen LogP contribution in [0.5, 0.6) is 0 Å². The third-order valence-corrected chi connectivity index (χ3v) is 6.77. The van der Waals surface area contributed by atoms with Gasteiger partial charge in [-0.2, -0.15) is 4.72 Å². The van der Waals surface area contributed by atoms with Crippen LogP contribution in [-0.2, 0) is 21.4 Å². The standard InChI is InChI=1S/C21H23N3O3S2/c1-14-4-8-17(9-5-14)19-13-28-20(23-19)12-22-21(25)16(3)24-29(26,27)18-10-6-15(2)7-11-18/h4-11,13,16,24H,12H2,1-3H3,(H,22,25)/t16-/m1/s1. The second-order valence-corrected chi connectivity index (χ2v) is 9.52. The van der Waals surface area contributed by atoms with Crippen molar-refractivity contribution in [3.63, 3.8) is 0 Å². The number of sulfonamides is 1. The molecule has 8 heteroatoms. The Labute approximate surface area is 175 Å². The first kappa shape index (κ1) is 21.2. The second kappa shape index (κ2) is 8.86. The number of thiazole rings is 1. The molecule has 2 aromatic carbocycles. The lowest BCUT2D eigenvalue weighted by atomic mass is 10.1. The Bertz CT molecular complexity index is 1090. The van der Waals surface area contributed by atoms with Gasteiger partial charge in [0.25, 0.3) is 0 Å². The maximum atomic E-state index is 12.4. The molecule has 29 heavy (non-hydrogen) atoms. The molecule has 0 unspecified atom stereocenters. The molecule has 0 radical (unpaired) electrons. The Morgan fingerprint density at radius 1 is 1.03 bits per heavy atom. The van der Waals surface area contributed by atoms with Crippen molar-refractivity contribution in [1.82, 2.24) is 15.0 Å². The molecule has 1 atom stereocenters. The van der Waals surface area contributed by atoms with Gasteiger partial charge in [0, 0.05) is 10.9 Å². The second-order valence-electron chi connectivity index (χ2n) is 6.87. The number of hydrogen-bond acceptors (Lipinski definition) is 5. The first-order chi connectivity index (χ1) is 13.7. The van der Waals surface area contributed by atoms with Crippen LogP contribution in [-0.4, -0.2) is 25.4 Å². The average molecular weight is 430 g/mol. The number of benzene rings is 2. The summed E-state index contributed by atoms with van der Waals surface area (Å²) in [7, 11) is -3.76. The fraction of sp³-hybridized carbons (Fsp3) is 0.238. The van der Waals surface area contributed by atoms with Gasteiger partial charge in [-0.05, 0) is 32.9 Å². The summed E-state index contributed by atoms with van der Waals surface area (Å²) in [5, 5.41) is 5.43. The zero-order chi connectivity index (χ0) is 21.0. The Hall–Kier alpha value is -2.55. The van der Waals surface area contributed by atoms with Gasteiger partial charge >= 0.3 is 0 Å². The molecule has 1 heterocycles. The van der Waals surface area contributed by atoms with Crippen LogP contribution in [0.15, 0.2) is 58.8 Å². The molecule has 3 rings (SSSR count). The number of carbonyl (C=O) groups excluding carboxylic acids is 1. The van der Waals surface area contributed by atoms with Crippen LogP contribution in [0.25, 0.3) is 11.3 Å². The summed E-state index contributed by atoms with van der Waals surface area (Å²) >= 11 is 1.45. The quantitative estimate of drug-likeness (QED) is 0.602. The first-order valence-electron chi connectivity index (χ1n) is 9.13. The normalized spacial score (nSPS) is 12.5. The van der Waals surface area contributed by atoms with E-state index in [4.69, 9.17) is 0 Å². The number of amides is 1. The van der Waals surface area contributed by atoms with E-state index in [9.17, 15) is 13.2 Å². The molecule has 0 fully saturated rings. The van der Waals surface area contributed by atoms with Crippen molar-refractivity contribution in [3.05, 3.63) is 70.0 Å². The van der Waals surface area contributed by atoms with Crippen LogP contribution in [0.3, 0.4) is 0 Å². The molecule has 0 spiro atoms. The predicted molar refractivity (Wildman–Crippen MR) is 115 cm³/mol. The van der Waals surface area contributed by atoms with Crippen LogP contribution in [0, 0.1) is 13.8 Å². The Kier molecular flexibility index (Phi) is 6.46. The minimum atomic E-state index is -3.76. The number of rotatable bonds is 7. The van der Waals surface area contributed by atoms with Gasteiger partial charge in [0.15, 0.2) is 0 Å². The number of hydrogen-bond donors (Lipinski definition) is 2. The van der Waals surface area contributed by atoms with Gasteiger partial charge in [-0.1, -0.05) is 47.5 Å². The molecule has 0 aliphatic heterocycles. The minimum absolute atomic E-state index is 0.130. The van der Waals surface area contributed by atoms with Crippen LogP contribution in [0.4, 0.5) is 0 Å². The van der Waals surface area contributed by atoms with Crippen molar-refractivity contribution < 1.29 is 13.2 Å². The van der Waals surface area contributed by atoms with Crippen molar-refractivity contribution in [1.29, 1.82) is 0 Å². The third kappa shape index (κ3) is 5.50. The highest BCUT2D eigenvalue weighted by Crippen LogP contribution is 2.22. The van der Waals surface area contributed by atoms with Gasteiger partial charge in [0.2, 0.25) is 15.9 Å². The average Bonchev–Trinajstić information content (AvgIpc) is 3.15. The maximum absolute atomic E-state index is 12.4. The van der Waals surface area contributed by atoms with E-state index in [-0.39, 0.29) is 11.4 Å². The Balaban J connectivity index is 1.57. The summed E-state index contributed by atoms with van der Waals surface area (Å²) in [4.78, 5) is 17.0. The molecule has 0 saturated carbocycles. The highest BCUT2D eigenvalue weighted by Gasteiger charge is 2.22. The van der Waals surface area contributed by atoms with Crippen molar-refractivity contribution in [2.75, 3.05) is 0 Å². The van der Waals surface area contributed by atoms with Gasteiger partial charge in [0.1, 0.15) is 5.01 Å². The molecule has 0 bridgehead atoms. The smallest absolute Gasteiger partial charge is 0.241 e. The number of carbonyl (C=O) groups is 1. The number of aromatic nitrogens is 1. The largest absolute Gasteiger partial charge is 0.348 e. The van der Waals surface area contributed by atoms with Crippen molar-refractivity contribution >= 4 is 27.3 Å². The zero-order valence-corrected chi connectivity index (χ0v) is 18.1. The SMILES string of the molecule is Cc1ccc(-c2csc(CNC(=O)[C@@H](C)NS(=O)(=O)c3ccc(C)cc3)n2)cc1. The molecule has 2 N–H and O–H groups in total. The van der Waals surface area contributed by atoms with Crippen molar-refractivity contribution in [2.45, 2.75) is 38.3 Å². The van der Waals surface area contributed by atoms with E-state index in [1.54, 1.807) is 12.1 Å². The molecule has 0 saturated heterocycles. The molecule has 152 valence electrons. The van der Waals surface area contributed by atoms with E-state index in [0.717, 1.165) is 21.8 Å². The molecule has 0 aliphatic rings. The molecular formula is C21H23N3O3S2. The van der Waals surface area contributed by atoms with E-state index >= 15 is 0 Å². The third-order valence-electron chi connectivity index (χ3n) is 4.37. The molecule has 6 nitrogen and oxygen atoms in total. The molecular weight excluding hydrogens is 406 g/mol.